The number of Topliss-reactive ketones (excluding diaryl/α,β-unsaturated/α-hetero) is 2. The van der Waals surface area contributed by atoms with Crippen LogP contribution in [0.1, 0.15) is 5.56 Å². The Bertz CT molecular complexity index is 1700. The van der Waals surface area contributed by atoms with Gasteiger partial charge in [-0.05, 0) is 53.1 Å². The van der Waals surface area contributed by atoms with Gasteiger partial charge in [0, 0.05) is 29.3 Å². The number of benzene rings is 3. The van der Waals surface area contributed by atoms with Gasteiger partial charge < -0.3 is 35.2 Å². The molecular formula is C26H19NO8. The summed E-state index contributed by atoms with van der Waals surface area (Å²) < 4.78 is 1.49. The van der Waals surface area contributed by atoms with Crippen LogP contribution < -0.4 is 10.4 Å². The number of carbonyl (C=O) groups excluding carboxylic acids is 2. The van der Waals surface area contributed by atoms with Gasteiger partial charge in [0.2, 0.25) is 11.6 Å². The van der Waals surface area contributed by atoms with E-state index in [1.54, 1.807) is 6.07 Å². The van der Waals surface area contributed by atoms with E-state index in [1.165, 1.54) is 41.0 Å². The topological polar surface area (TPSA) is 160 Å². The molecule has 6 N–H and O–H groups in total. The second-order valence-electron chi connectivity index (χ2n) is 8.26. The quantitative estimate of drug-likeness (QED) is 0.192. The number of phenols is 5. The molecule has 0 aliphatic heterocycles. The van der Waals surface area contributed by atoms with Gasteiger partial charge in [-0.2, -0.15) is 0 Å². The second-order valence-corrected chi connectivity index (χ2v) is 8.26. The largest absolute Gasteiger partial charge is 0.507 e. The molecule has 5 rings (SSSR count). The van der Waals surface area contributed by atoms with Gasteiger partial charge in [0.15, 0.2) is 28.9 Å². The Kier molecular flexibility index (Phi) is 4.91. The van der Waals surface area contributed by atoms with E-state index in [0.717, 1.165) is 12.2 Å². The molecule has 0 amide bonds. The average molecular weight is 473 g/mol. The maximum atomic E-state index is 12.2. The van der Waals surface area contributed by atoms with Crippen molar-refractivity contribution in [3.05, 3.63) is 58.5 Å². The lowest BCUT2D eigenvalue weighted by atomic mass is 9.97. The molecule has 4 aromatic rings. The van der Waals surface area contributed by atoms with Crippen molar-refractivity contribution in [3.8, 4) is 45.8 Å². The Morgan fingerprint density at radius 2 is 1.29 bits per heavy atom. The van der Waals surface area contributed by atoms with Crippen molar-refractivity contribution in [1.82, 2.24) is 4.57 Å². The normalized spacial score (nSPS) is 12.9. The highest BCUT2D eigenvalue weighted by molar-refractivity contribution is 6.58. The fourth-order valence-electron chi connectivity index (χ4n) is 4.38. The van der Waals surface area contributed by atoms with Gasteiger partial charge in [0.25, 0.3) is 0 Å². The highest BCUT2D eigenvalue weighted by Crippen LogP contribution is 2.41. The molecule has 0 saturated heterocycles. The molecule has 1 aromatic heterocycles. The summed E-state index contributed by atoms with van der Waals surface area (Å²) in [6.45, 7) is 0.172. The van der Waals surface area contributed by atoms with Crippen LogP contribution in [0.25, 0.3) is 34.2 Å². The molecule has 35 heavy (non-hydrogen) atoms. The highest BCUT2D eigenvalue weighted by Gasteiger charge is 2.24. The summed E-state index contributed by atoms with van der Waals surface area (Å²) in [6, 6.07) is 9.71. The lowest BCUT2D eigenvalue weighted by molar-refractivity contribution is -0.129. The number of aromatic hydroxyl groups is 6. The number of phenolic OH excluding ortho intramolecular Hbond substituents is 5. The van der Waals surface area contributed by atoms with Crippen LogP contribution in [-0.2, 0) is 22.6 Å². The Balaban J connectivity index is 1.79. The van der Waals surface area contributed by atoms with E-state index in [-0.39, 0.29) is 51.4 Å². The van der Waals surface area contributed by atoms with Crippen LogP contribution in [-0.4, -0.2) is 46.8 Å². The van der Waals surface area contributed by atoms with Gasteiger partial charge in [0.1, 0.15) is 5.75 Å². The zero-order valence-corrected chi connectivity index (χ0v) is 18.1. The number of aryl methyl sites for hydroxylation is 2. The fraction of sp³-hybridized carbons (Fsp3) is 0.0769. The predicted molar refractivity (Wildman–Crippen MR) is 126 cm³/mol. The molecule has 1 aliphatic rings. The third-order valence-electron chi connectivity index (χ3n) is 6.11. The molecule has 176 valence electrons. The van der Waals surface area contributed by atoms with Crippen molar-refractivity contribution in [3.63, 3.8) is 0 Å². The molecule has 3 aromatic carbocycles. The SMILES string of the molecule is O=C1C=c2c(O)cc3c(c(-c4ccc(O)c(O)c4)c(O)n3CCc3ccc(O)c(O)c3)c2=CC1=O. The number of carbonyl (C=O) groups is 2. The molecule has 9 nitrogen and oxygen atoms in total. The molecule has 1 aliphatic carbocycles. The van der Waals surface area contributed by atoms with Crippen LogP contribution >= 0.6 is 0 Å². The minimum atomic E-state index is -0.785. The minimum absolute atomic E-state index is 0.131. The van der Waals surface area contributed by atoms with E-state index in [0.29, 0.717) is 28.5 Å². The number of rotatable bonds is 4. The van der Waals surface area contributed by atoms with Crippen LogP contribution in [0.3, 0.4) is 0 Å². The van der Waals surface area contributed by atoms with Crippen LogP contribution in [0.4, 0.5) is 0 Å². The molecule has 0 fully saturated rings. The first-order chi connectivity index (χ1) is 16.7. The summed E-state index contributed by atoms with van der Waals surface area (Å²) in [6.07, 6.45) is 2.46. The lowest BCUT2D eigenvalue weighted by Gasteiger charge is -2.09. The van der Waals surface area contributed by atoms with E-state index in [4.69, 9.17) is 0 Å². The molecule has 0 saturated carbocycles. The summed E-state index contributed by atoms with van der Waals surface area (Å²) in [5.41, 5.74) is 1.57. The molecule has 0 atom stereocenters. The maximum absolute atomic E-state index is 12.2. The first kappa shape index (κ1) is 21.9. The van der Waals surface area contributed by atoms with Crippen molar-refractivity contribution in [1.29, 1.82) is 0 Å². The van der Waals surface area contributed by atoms with Crippen molar-refractivity contribution < 1.29 is 40.2 Å². The first-order valence-electron chi connectivity index (χ1n) is 10.6. The second kappa shape index (κ2) is 7.84. The molecule has 9 heteroatoms. The summed E-state index contributed by atoms with van der Waals surface area (Å²) >= 11 is 0. The van der Waals surface area contributed by atoms with Gasteiger partial charge in [-0.1, -0.05) is 12.1 Å². The number of aromatic nitrogens is 1. The molecule has 0 bridgehead atoms. The predicted octanol–water partition coefficient (Wildman–Crippen LogP) is 1.50. The van der Waals surface area contributed by atoms with E-state index in [2.05, 4.69) is 0 Å². The highest BCUT2D eigenvalue weighted by atomic mass is 16.3. The van der Waals surface area contributed by atoms with Gasteiger partial charge >= 0.3 is 0 Å². The van der Waals surface area contributed by atoms with E-state index in [9.17, 15) is 40.2 Å². The zero-order valence-electron chi connectivity index (χ0n) is 18.1. The number of fused-ring (bicyclic) bond motifs is 3. The molecule has 1 heterocycles. The number of ketones is 2. The smallest absolute Gasteiger partial charge is 0.226 e. The Hall–Kier alpha value is -4.92. The first-order valence-corrected chi connectivity index (χ1v) is 10.6. The Morgan fingerprint density at radius 1 is 0.657 bits per heavy atom. The van der Waals surface area contributed by atoms with Crippen molar-refractivity contribution >= 4 is 34.6 Å². The molecular weight excluding hydrogens is 454 g/mol. The van der Waals surface area contributed by atoms with E-state index in [1.807, 2.05) is 0 Å². The monoisotopic (exact) mass is 473 g/mol. The summed E-state index contributed by atoms with van der Waals surface area (Å²) in [5, 5.41) is 61.8. The molecule has 0 radical (unpaired) electrons. The van der Waals surface area contributed by atoms with Crippen LogP contribution in [0.5, 0.6) is 34.6 Å². The van der Waals surface area contributed by atoms with Gasteiger partial charge in [-0.25, -0.2) is 0 Å². The fourth-order valence-corrected chi connectivity index (χ4v) is 4.38. The van der Waals surface area contributed by atoms with Crippen LogP contribution in [0, 0.1) is 0 Å². The van der Waals surface area contributed by atoms with Gasteiger partial charge in [0.05, 0.1) is 11.1 Å². The van der Waals surface area contributed by atoms with Crippen molar-refractivity contribution in [2.45, 2.75) is 13.0 Å². The maximum Gasteiger partial charge on any atom is 0.226 e. The minimum Gasteiger partial charge on any atom is -0.507 e. The van der Waals surface area contributed by atoms with Crippen LogP contribution in [0.2, 0.25) is 0 Å². The standard InChI is InChI=1S/C26H19NO8/c28-17-3-1-12(7-20(17)31)5-6-27-16-11-19(30)14-9-22(33)23(34)10-15(14)25(16)24(26(27)35)13-2-4-18(29)21(32)8-13/h1-4,7-11,28-32,35H,5-6H2. The number of nitrogens with zero attached hydrogens (tertiary/aromatic N) is 1. The van der Waals surface area contributed by atoms with Gasteiger partial charge in [-0.3, -0.25) is 9.59 Å². The summed E-state index contributed by atoms with van der Waals surface area (Å²) in [4.78, 5) is 24.2. The number of hydrogen-bond donors (Lipinski definition) is 6. The Labute approximate surface area is 197 Å². The number of hydrogen-bond acceptors (Lipinski definition) is 8. The van der Waals surface area contributed by atoms with E-state index >= 15 is 0 Å². The molecule has 0 spiro atoms. The Morgan fingerprint density at radius 3 is 1.94 bits per heavy atom. The summed E-state index contributed by atoms with van der Waals surface area (Å²) in [7, 11) is 0. The van der Waals surface area contributed by atoms with Crippen molar-refractivity contribution in [2.75, 3.05) is 0 Å². The third-order valence-corrected chi connectivity index (χ3v) is 6.11. The van der Waals surface area contributed by atoms with Crippen LogP contribution in [0.15, 0.2) is 42.5 Å². The summed E-state index contributed by atoms with van der Waals surface area (Å²) in [5.74, 6) is -3.39. The molecule has 0 unspecified atom stereocenters. The van der Waals surface area contributed by atoms with E-state index < -0.39 is 17.3 Å². The average Bonchev–Trinajstić information content (AvgIpc) is 3.09. The lowest BCUT2D eigenvalue weighted by Crippen LogP contribution is -2.34. The van der Waals surface area contributed by atoms with Crippen molar-refractivity contribution in [2.24, 2.45) is 0 Å². The zero-order chi connectivity index (χ0) is 25.0. The third kappa shape index (κ3) is 3.50. The van der Waals surface area contributed by atoms with Gasteiger partial charge in [-0.15, -0.1) is 0 Å².